The monoisotopic (exact) mass is 480 g/mol. The number of hydrogen-bond acceptors (Lipinski definition) is 7. The van der Waals surface area contributed by atoms with E-state index in [-0.39, 0.29) is 11.8 Å². The molecule has 1 aliphatic carbocycles. The number of methoxy groups -OCH3 is 1. The highest BCUT2D eigenvalue weighted by molar-refractivity contribution is 7.22. The van der Waals surface area contributed by atoms with Crippen LogP contribution in [0.1, 0.15) is 35.2 Å². The summed E-state index contributed by atoms with van der Waals surface area (Å²) in [6.07, 6.45) is 3.02. The predicted molar refractivity (Wildman–Crippen MR) is 132 cm³/mol. The first-order valence-electron chi connectivity index (χ1n) is 11.6. The van der Waals surface area contributed by atoms with Crippen LogP contribution >= 0.6 is 11.3 Å². The van der Waals surface area contributed by atoms with Gasteiger partial charge in [-0.3, -0.25) is 9.59 Å². The Bertz CT molecular complexity index is 1230. The molecular formula is C25H28N4O4S. The van der Waals surface area contributed by atoms with Crippen LogP contribution in [-0.4, -0.2) is 50.2 Å². The molecule has 0 spiro atoms. The van der Waals surface area contributed by atoms with E-state index in [0.717, 1.165) is 53.8 Å². The SMILES string of the molecule is COc1ccc(N2CCOCC2)c2sc(-c3cc(CNC(=O)C4CCC4)ccc3C(N)=O)nc12. The number of carbonyl (C=O) groups excluding carboxylic acids is 2. The number of anilines is 1. The molecule has 3 N–H and O–H groups in total. The van der Waals surface area contributed by atoms with E-state index in [2.05, 4.69) is 16.3 Å². The third kappa shape index (κ3) is 4.33. The Balaban J connectivity index is 1.53. The highest BCUT2D eigenvalue weighted by atomic mass is 32.1. The van der Waals surface area contributed by atoms with Crippen molar-refractivity contribution in [2.45, 2.75) is 25.8 Å². The molecule has 178 valence electrons. The Morgan fingerprint density at radius 2 is 2.03 bits per heavy atom. The molecule has 1 saturated heterocycles. The van der Waals surface area contributed by atoms with Crippen LogP contribution in [0.4, 0.5) is 5.69 Å². The van der Waals surface area contributed by atoms with Gasteiger partial charge in [0, 0.05) is 36.7 Å². The molecule has 8 nitrogen and oxygen atoms in total. The largest absolute Gasteiger partial charge is 0.494 e. The van der Waals surface area contributed by atoms with Gasteiger partial charge in [-0.2, -0.15) is 0 Å². The molecule has 2 aromatic carbocycles. The fraction of sp³-hybridized carbons (Fsp3) is 0.400. The second-order valence-corrected chi connectivity index (χ2v) is 9.67. The fourth-order valence-corrected chi connectivity index (χ4v) is 5.55. The molecule has 2 aliphatic rings. The zero-order valence-electron chi connectivity index (χ0n) is 19.1. The molecule has 0 radical (unpaired) electrons. The van der Waals surface area contributed by atoms with Gasteiger partial charge in [0.2, 0.25) is 11.8 Å². The average molecular weight is 481 g/mol. The van der Waals surface area contributed by atoms with Crippen molar-refractivity contribution < 1.29 is 19.1 Å². The summed E-state index contributed by atoms with van der Waals surface area (Å²) in [5.41, 5.74) is 9.50. The normalized spacial score (nSPS) is 16.3. The van der Waals surface area contributed by atoms with Gasteiger partial charge >= 0.3 is 0 Å². The standard InChI is InChI=1S/C25H28N4O4S/c1-32-20-8-7-19(29-9-11-33-12-10-29)22-21(20)28-25(34-22)18-13-15(5-6-17(18)23(26)30)14-27-24(31)16-3-2-4-16/h5-8,13,16H,2-4,9-12,14H2,1H3,(H2,26,30)(H,27,31). The lowest BCUT2D eigenvalue weighted by Gasteiger charge is -2.29. The van der Waals surface area contributed by atoms with Crippen molar-refractivity contribution in [2.75, 3.05) is 38.3 Å². The summed E-state index contributed by atoms with van der Waals surface area (Å²) < 4.78 is 12.1. The maximum Gasteiger partial charge on any atom is 0.249 e. The van der Waals surface area contributed by atoms with E-state index in [1.165, 1.54) is 11.3 Å². The number of rotatable bonds is 7. The summed E-state index contributed by atoms with van der Waals surface area (Å²) in [4.78, 5) is 31.7. The average Bonchev–Trinajstić information content (AvgIpc) is 3.27. The Morgan fingerprint density at radius 3 is 2.71 bits per heavy atom. The third-order valence-electron chi connectivity index (χ3n) is 6.58. The first kappa shape index (κ1) is 22.6. The lowest BCUT2D eigenvalue weighted by Crippen LogP contribution is -2.36. The number of fused-ring (bicyclic) bond motifs is 1. The first-order chi connectivity index (χ1) is 16.5. The number of thiazole rings is 1. The van der Waals surface area contributed by atoms with Gasteiger partial charge in [0.1, 0.15) is 16.3 Å². The molecule has 3 aromatic rings. The third-order valence-corrected chi connectivity index (χ3v) is 7.69. The van der Waals surface area contributed by atoms with Gasteiger partial charge in [-0.25, -0.2) is 4.98 Å². The number of hydrogen-bond donors (Lipinski definition) is 2. The van der Waals surface area contributed by atoms with Gasteiger partial charge in [0.15, 0.2) is 0 Å². The first-order valence-corrected chi connectivity index (χ1v) is 12.4. The lowest BCUT2D eigenvalue weighted by molar-refractivity contribution is -0.127. The fourth-order valence-electron chi connectivity index (χ4n) is 4.40. The van der Waals surface area contributed by atoms with Crippen LogP contribution < -0.4 is 20.7 Å². The van der Waals surface area contributed by atoms with Crippen LogP contribution in [0.15, 0.2) is 30.3 Å². The quantitative estimate of drug-likeness (QED) is 0.537. The topological polar surface area (TPSA) is 107 Å². The Kier molecular flexibility index (Phi) is 6.38. The Labute approximate surface area is 202 Å². The summed E-state index contributed by atoms with van der Waals surface area (Å²) >= 11 is 1.51. The van der Waals surface area contributed by atoms with Crippen LogP contribution in [0.3, 0.4) is 0 Å². The van der Waals surface area contributed by atoms with E-state index >= 15 is 0 Å². The maximum atomic E-state index is 12.3. The molecule has 1 saturated carbocycles. The van der Waals surface area contributed by atoms with Crippen molar-refractivity contribution >= 4 is 39.1 Å². The van der Waals surface area contributed by atoms with E-state index in [1.807, 2.05) is 18.2 Å². The number of nitrogens with two attached hydrogens (primary N) is 1. The van der Waals surface area contributed by atoms with Gasteiger partial charge in [0.25, 0.3) is 0 Å². The molecule has 1 aliphatic heterocycles. The molecule has 1 aromatic heterocycles. The molecule has 0 atom stereocenters. The van der Waals surface area contributed by atoms with Crippen LogP contribution in [-0.2, 0) is 16.1 Å². The van der Waals surface area contributed by atoms with Gasteiger partial charge in [-0.1, -0.05) is 12.5 Å². The van der Waals surface area contributed by atoms with Gasteiger partial charge in [-0.15, -0.1) is 11.3 Å². The number of nitrogens with zero attached hydrogens (tertiary/aromatic N) is 2. The van der Waals surface area contributed by atoms with Gasteiger partial charge in [-0.05, 0) is 42.7 Å². The Hall–Kier alpha value is -3.17. The van der Waals surface area contributed by atoms with Crippen LogP contribution in [0.5, 0.6) is 5.75 Å². The molecule has 34 heavy (non-hydrogen) atoms. The van der Waals surface area contributed by atoms with Crippen LogP contribution in [0, 0.1) is 5.92 Å². The van der Waals surface area contributed by atoms with E-state index in [0.29, 0.717) is 41.6 Å². The van der Waals surface area contributed by atoms with E-state index in [9.17, 15) is 9.59 Å². The summed E-state index contributed by atoms with van der Waals surface area (Å²) in [7, 11) is 1.63. The Morgan fingerprint density at radius 1 is 1.24 bits per heavy atom. The second-order valence-electron chi connectivity index (χ2n) is 8.67. The molecule has 0 bridgehead atoms. The zero-order valence-corrected chi connectivity index (χ0v) is 20.0. The molecule has 9 heteroatoms. The van der Waals surface area contributed by atoms with Crippen molar-refractivity contribution in [1.82, 2.24) is 10.3 Å². The van der Waals surface area contributed by atoms with Crippen molar-refractivity contribution in [2.24, 2.45) is 11.7 Å². The molecule has 2 heterocycles. The highest BCUT2D eigenvalue weighted by Crippen LogP contribution is 2.41. The van der Waals surface area contributed by atoms with Gasteiger partial charge in [0.05, 0.1) is 30.7 Å². The molecule has 2 fully saturated rings. The number of benzene rings is 2. The summed E-state index contributed by atoms with van der Waals surface area (Å²) in [5, 5.41) is 3.70. The minimum absolute atomic E-state index is 0.0895. The zero-order chi connectivity index (χ0) is 23.7. The number of amides is 2. The van der Waals surface area contributed by atoms with Crippen molar-refractivity contribution in [3.63, 3.8) is 0 Å². The van der Waals surface area contributed by atoms with E-state index in [4.69, 9.17) is 20.2 Å². The predicted octanol–water partition coefficient (Wildman–Crippen LogP) is 3.32. The molecular weight excluding hydrogens is 452 g/mol. The highest BCUT2D eigenvalue weighted by Gasteiger charge is 2.25. The van der Waals surface area contributed by atoms with E-state index in [1.54, 1.807) is 13.2 Å². The smallest absolute Gasteiger partial charge is 0.249 e. The van der Waals surface area contributed by atoms with Crippen molar-refractivity contribution in [1.29, 1.82) is 0 Å². The number of primary amides is 1. The minimum atomic E-state index is -0.514. The van der Waals surface area contributed by atoms with Crippen LogP contribution in [0.2, 0.25) is 0 Å². The molecule has 0 unspecified atom stereocenters. The maximum absolute atomic E-state index is 12.3. The summed E-state index contributed by atoms with van der Waals surface area (Å²) in [6.45, 7) is 3.36. The van der Waals surface area contributed by atoms with Gasteiger partial charge < -0.3 is 25.4 Å². The lowest BCUT2D eigenvalue weighted by atomic mass is 9.85. The van der Waals surface area contributed by atoms with Crippen LogP contribution in [0.25, 0.3) is 20.8 Å². The van der Waals surface area contributed by atoms with Crippen molar-refractivity contribution in [3.8, 4) is 16.3 Å². The van der Waals surface area contributed by atoms with E-state index < -0.39 is 5.91 Å². The minimum Gasteiger partial charge on any atom is -0.494 e. The summed E-state index contributed by atoms with van der Waals surface area (Å²) in [6, 6.07) is 9.43. The number of nitrogens with one attached hydrogen (secondary N) is 1. The van der Waals surface area contributed by atoms with Crippen molar-refractivity contribution in [3.05, 3.63) is 41.5 Å². The summed E-state index contributed by atoms with van der Waals surface area (Å²) in [5.74, 6) is 0.380. The number of aromatic nitrogens is 1. The molecule has 2 amide bonds. The number of carbonyl (C=O) groups is 2. The number of morpholine rings is 1. The molecule has 5 rings (SSSR count). The second kappa shape index (κ2) is 9.60. The number of ether oxygens (including phenoxy) is 2.